The summed E-state index contributed by atoms with van der Waals surface area (Å²) in [6.45, 7) is 7.45. The van der Waals surface area contributed by atoms with Crippen LogP contribution < -0.4 is 16.0 Å². The van der Waals surface area contributed by atoms with Crippen molar-refractivity contribution in [3.63, 3.8) is 0 Å². The zero-order valence-corrected chi connectivity index (χ0v) is 29.6. The summed E-state index contributed by atoms with van der Waals surface area (Å²) in [5.74, 6) is 0.0340. The van der Waals surface area contributed by atoms with Crippen molar-refractivity contribution in [3.05, 3.63) is 91.3 Å². The van der Waals surface area contributed by atoms with E-state index in [1.807, 2.05) is 18.2 Å². The number of esters is 1. The molecule has 14 heteroatoms. The third kappa shape index (κ3) is 12.6. The van der Waals surface area contributed by atoms with Crippen molar-refractivity contribution in [2.24, 2.45) is 0 Å². The highest BCUT2D eigenvalue weighted by Crippen LogP contribution is 2.36. The second kappa shape index (κ2) is 18.4. The van der Waals surface area contributed by atoms with E-state index in [9.17, 15) is 40.7 Å². The molecule has 0 unspecified atom stereocenters. The standard InChI is InChI=1S/C37H47F6N3O5/c1-5-7-8-9-19-31-32(47)45(20-12-10-16-27-22-28(36(38,39)40)25-29(23-27)37(41,42)43)34(49)46(44-31)21-13-11-15-26-17-14-18-30(24-26)51-35(3,4)33(48)50-6-2/h14,17-18,22-25H,5-13,15-16,19-21H2,1-4H3. The minimum absolute atomic E-state index is 0.0534. The third-order valence-corrected chi connectivity index (χ3v) is 8.32. The molecule has 0 fully saturated rings. The van der Waals surface area contributed by atoms with Crippen molar-refractivity contribution in [1.29, 1.82) is 0 Å². The maximum absolute atomic E-state index is 13.4. The number of hydrogen-bond donors (Lipinski definition) is 0. The lowest BCUT2D eigenvalue weighted by Gasteiger charge is -2.24. The number of halogens is 6. The van der Waals surface area contributed by atoms with Crippen LogP contribution in [0.3, 0.4) is 0 Å². The molecular formula is C37H47F6N3O5. The first-order valence-electron chi connectivity index (χ1n) is 17.4. The normalized spacial score (nSPS) is 12.3. The van der Waals surface area contributed by atoms with Crippen LogP contribution in [0.15, 0.2) is 52.1 Å². The molecule has 0 aliphatic heterocycles. The van der Waals surface area contributed by atoms with Gasteiger partial charge in [0.1, 0.15) is 11.4 Å². The van der Waals surface area contributed by atoms with Crippen molar-refractivity contribution < 1.29 is 40.6 Å². The van der Waals surface area contributed by atoms with Gasteiger partial charge in [-0.3, -0.25) is 9.36 Å². The van der Waals surface area contributed by atoms with E-state index in [2.05, 4.69) is 12.0 Å². The summed E-state index contributed by atoms with van der Waals surface area (Å²) in [6, 6.07) is 8.81. The van der Waals surface area contributed by atoms with Crippen molar-refractivity contribution in [2.75, 3.05) is 6.61 Å². The number of hydrogen-bond acceptors (Lipinski definition) is 6. The Labute approximate surface area is 293 Å². The van der Waals surface area contributed by atoms with Gasteiger partial charge in [0.2, 0.25) is 0 Å². The average Bonchev–Trinajstić information content (AvgIpc) is 3.05. The van der Waals surface area contributed by atoms with Gasteiger partial charge in [0.15, 0.2) is 5.60 Å². The molecule has 0 aliphatic carbocycles. The van der Waals surface area contributed by atoms with Gasteiger partial charge in [0.05, 0.1) is 17.7 Å². The Morgan fingerprint density at radius 2 is 1.35 bits per heavy atom. The molecule has 3 rings (SSSR count). The summed E-state index contributed by atoms with van der Waals surface area (Å²) >= 11 is 0. The van der Waals surface area contributed by atoms with E-state index >= 15 is 0 Å². The Balaban J connectivity index is 1.70. The van der Waals surface area contributed by atoms with Crippen molar-refractivity contribution >= 4 is 5.97 Å². The molecule has 0 radical (unpaired) electrons. The number of aryl methyl sites for hydroxylation is 4. The van der Waals surface area contributed by atoms with Crippen LogP contribution in [0, 0.1) is 0 Å². The van der Waals surface area contributed by atoms with E-state index in [-0.39, 0.29) is 56.3 Å². The highest BCUT2D eigenvalue weighted by molar-refractivity contribution is 5.79. The van der Waals surface area contributed by atoms with E-state index in [4.69, 9.17) is 9.47 Å². The van der Waals surface area contributed by atoms with E-state index in [0.29, 0.717) is 50.0 Å². The number of alkyl halides is 6. The van der Waals surface area contributed by atoms with E-state index in [0.717, 1.165) is 29.4 Å². The minimum atomic E-state index is -4.94. The van der Waals surface area contributed by atoms with Crippen molar-refractivity contribution in [1.82, 2.24) is 14.3 Å². The maximum Gasteiger partial charge on any atom is 0.416 e. The molecule has 0 saturated carbocycles. The first kappa shape index (κ1) is 41.3. The van der Waals surface area contributed by atoms with Gasteiger partial charge in [0.25, 0.3) is 5.56 Å². The van der Waals surface area contributed by atoms with Crippen LogP contribution in [-0.4, -0.2) is 32.5 Å². The molecule has 0 saturated heterocycles. The first-order chi connectivity index (χ1) is 24.0. The summed E-state index contributed by atoms with van der Waals surface area (Å²) in [5.41, 5.74) is -4.02. The van der Waals surface area contributed by atoms with Gasteiger partial charge in [-0.1, -0.05) is 38.3 Å². The van der Waals surface area contributed by atoms with E-state index in [1.165, 1.54) is 4.68 Å². The van der Waals surface area contributed by atoms with Crippen LogP contribution in [0.1, 0.15) is 107 Å². The number of nitrogens with zero attached hydrogens (tertiary/aromatic N) is 3. The largest absolute Gasteiger partial charge is 0.476 e. The number of aromatic nitrogens is 3. The zero-order chi connectivity index (χ0) is 37.8. The second-order valence-electron chi connectivity index (χ2n) is 13.0. The lowest BCUT2D eigenvalue weighted by atomic mass is 10.0. The Morgan fingerprint density at radius 1 is 0.745 bits per heavy atom. The molecule has 51 heavy (non-hydrogen) atoms. The SMILES string of the molecule is CCCCCCc1nn(CCCCc2cccc(OC(C)(C)C(=O)OCC)c2)c(=O)n(CCCCc2cc(C(F)(F)F)cc(C(F)(F)F)c2)c1=O. The topological polar surface area (TPSA) is 92.4 Å². The van der Waals surface area contributed by atoms with Gasteiger partial charge in [-0.2, -0.15) is 31.4 Å². The fraction of sp³-hybridized carbons (Fsp3) is 0.568. The molecule has 8 nitrogen and oxygen atoms in total. The summed E-state index contributed by atoms with van der Waals surface area (Å²) in [6.07, 6.45) is -3.87. The third-order valence-electron chi connectivity index (χ3n) is 8.32. The fourth-order valence-electron chi connectivity index (χ4n) is 5.59. The monoisotopic (exact) mass is 727 g/mol. The Kier molecular flexibility index (Phi) is 14.9. The minimum Gasteiger partial charge on any atom is -0.476 e. The molecule has 0 atom stereocenters. The van der Waals surface area contributed by atoms with Gasteiger partial charge in [-0.25, -0.2) is 14.3 Å². The smallest absolute Gasteiger partial charge is 0.416 e. The van der Waals surface area contributed by atoms with Crippen molar-refractivity contribution in [3.8, 4) is 5.75 Å². The van der Waals surface area contributed by atoms with Gasteiger partial charge >= 0.3 is 24.0 Å². The Bertz CT molecular complexity index is 1680. The number of unbranched alkanes of at least 4 members (excludes halogenated alkanes) is 5. The van der Waals surface area contributed by atoms with Crippen LogP contribution in [0.25, 0.3) is 0 Å². The molecule has 1 heterocycles. The van der Waals surface area contributed by atoms with E-state index in [1.54, 1.807) is 26.8 Å². The lowest BCUT2D eigenvalue weighted by Crippen LogP contribution is -2.43. The number of rotatable bonds is 19. The molecule has 0 spiro atoms. The number of carbonyl (C=O) groups is 1. The van der Waals surface area contributed by atoms with Crippen molar-refractivity contribution in [2.45, 2.75) is 129 Å². The predicted molar refractivity (Wildman–Crippen MR) is 181 cm³/mol. The van der Waals surface area contributed by atoms with Crippen LogP contribution in [0.4, 0.5) is 26.3 Å². The van der Waals surface area contributed by atoms with E-state index < -0.39 is 46.3 Å². The summed E-state index contributed by atoms with van der Waals surface area (Å²) in [7, 11) is 0. The molecule has 0 bridgehead atoms. The molecule has 1 aromatic heterocycles. The lowest BCUT2D eigenvalue weighted by molar-refractivity contribution is -0.158. The molecule has 0 amide bonds. The number of ether oxygens (including phenoxy) is 2. The van der Waals surface area contributed by atoms with Gasteiger partial charge in [-0.15, -0.1) is 0 Å². The predicted octanol–water partition coefficient (Wildman–Crippen LogP) is 8.33. The zero-order valence-electron chi connectivity index (χ0n) is 29.6. The Morgan fingerprint density at radius 3 is 1.96 bits per heavy atom. The maximum atomic E-state index is 13.4. The second-order valence-corrected chi connectivity index (χ2v) is 13.0. The molecular weight excluding hydrogens is 680 g/mol. The molecule has 0 aliphatic rings. The summed E-state index contributed by atoms with van der Waals surface area (Å²) in [4.78, 5) is 38.9. The molecule has 2 aromatic carbocycles. The summed E-state index contributed by atoms with van der Waals surface area (Å²) < 4.78 is 93.0. The quantitative estimate of drug-likeness (QED) is 0.0701. The van der Waals surface area contributed by atoms with Crippen LogP contribution >= 0.6 is 0 Å². The van der Waals surface area contributed by atoms with Crippen LogP contribution in [0.5, 0.6) is 5.75 Å². The summed E-state index contributed by atoms with van der Waals surface area (Å²) in [5, 5.41) is 4.40. The van der Waals surface area contributed by atoms with Gasteiger partial charge < -0.3 is 9.47 Å². The number of benzene rings is 2. The van der Waals surface area contributed by atoms with Gasteiger partial charge in [0, 0.05) is 13.1 Å². The molecule has 3 aromatic rings. The highest BCUT2D eigenvalue weighted by Gasteiger charge is 2.37. The highest BCUT2D eigenvalue weighted by atomic mass is 19.4. The first-order valence-corrected chi connectivity index (χ1v) is 17.4. The van der Waals surface area contributed by atoms with Crippen LogP contribution in [-0.2, 0) is 54.2 Å². The van der Waals surface area contributed by atoms with Gasteiger partial charge in [-0.05, 0) is 114 Å². The number of carbonyl (C=O) groups excluding carboxylic acids is 1. The fourth-order valence-corrected chi connectivity index (χ4v) is 5.59. The average molecular weight is 728 g/mol. The Hall–Kier alpha value is -4.10. The molecule has 282 valence electrons. The molecule has 0 N–H and O–H groups in total. The van der Waals surface area contributed by atoms with Crippen LogP contribution in [0.2, 0.25) is 0 Å².